The smallest absolute Gasteiger partial charge is 0.155 e. The first-order valence-electron chi connectivity index (χ1n) is 5.65. The summed E-state index contributed by atoms with van der Waals surface area (Å²) in [6.07, 6.45) is 0. The molecule has 0 aliphatic heterocycles. The van der Waals surface area contributed by atoms with Gasteiger partial charge in [0.05, 0.1) is 0 Å². The molecule has 0 heterocycles. The summed E-state index contributed by atoms with van der Waals surface area (Å²) in [5.41, 5.74) is 1.31. The summed E-state index contributed by atoms with van der Waals surface area (Å²) in [6.45, 7) is 11.9. The predicted molar refractivity (Wildman–Crippen MR) is 79.7 cm³/mol. The second kappa shape index (κ2) is 4.53. The van der Waals surface area contributed by atoms with E-state index in [0.29, 0.717) is 5.04 Å². The van der Waals surface area contributed by atoms with Crippen molar-refractivity contribution in [1.29, 1.82) is 0 Å². The molecule has 0 radical (unpaired) electrons. The van der Waals surface area contributed by atoms with E-state index in [4.69, 9.17) is 0 Å². The molecule has 0 N–H and O–H groups in total. The van der Waals surface area contributed by atoms with Crippen LogP contribution >= 0.6 is 15.9 Å². The zero-order chi connectivity index (χ0) is 12.6. The summed E-state index contributed by atoms with van der Waals surface area (Å²) in [5, 5.41) is 0.370. The van der Waals surface area contributed by atoms with Gasteiger partial charge < -0.3 is 4.57 Å². The largest absolute Gasteiger partial charge is 0.400 e. The fourth-order valence-electron chi connectivity index (χ4n) is 1.49. The zero-order valence-corrected chi connectivity index (χ0v) is 13.7. The van der Waals surface area contributed by atoms with Gasteiger partial charge in [0.2, 0.25) is 0 Å². The van der Waals surface area contributed by atoms with Crippen molar-refractivity contribution in [3.63, 3.8) is 0 Å². The normalized spacial score (nSPS) is 12.7. The van der Waals surface area contributed by atoms with Crippen molar-refractivity contribution < 1.29 is 0 Å². The minimum Gasteiger partial charge on any atom is -0.400 e. The maximum Gasteiger partial charge on any atom is 0.155 e. The van der Waals surface area contributed by atoms with E-state index in [1.54, 1.807) is 0 Å². The van der Waals surface area contributed by atoms with Gasteiger partial charge in [0.25, 0.3) is 0 Å². The van der Waals surface area contributed by atoms with Crippen LogP contribution in [0.4, 0.5) is 5.69 Å². The lowest BCUT2D eigenvalue weighted by molar-refractivity contribution is 0.712. The molecule has 0 amide bonds. The van der Waals surface area contributed by atoms with Gasteiger partial charge in [-0.05, 0) is 36.4 Å². The number of hydrogen-bond donors (Lipinski definition) is 0. The molecule has 1 rings (SSSR count). The molecule has 3 heteroatoms. The average molecular weight is 300 g/mol. The molecule has 1 nitrogen and oxygen atoms in total. The molecule has 0 fully saturated rings. The summed E-state index contributed by atoms with van der Waals surface area (Å²) in [4.78, 5) is 0. The van der Waals surface area contributed by atoms with Gasteiger partial charge in [0, 0.05) is 10.2 Å². The Morgan fingerprint density at radius 3 is 1.88 bits per heavy atom. The van der Waals surface area contributed by atoms with Crippen LogP contribution in [0.3, 0.4) is 0 Å². The Bertz CT molecular complexity index is 351. The Hall–Kier alpha value is -0.283. The molecule has 0 aliphatic rings. The lowest BCUT2D eigenvalue weighted by Gasteiger charge is -2.45. The Balaban J connectivity index is 3.02. The van der Waals surface area contributed by atoms with Gasteiger partial charge in [0.15, 0.2) is 8.24 Å². The third kappa shape index (κ3) is 2.69. The van der Waals surface area contributed by atoms with Crippen molar-refractivity contribution in [3.05, 3.63) is 28.7 Å². The van der Waals surface area contributed by atoms with Crippen molar-refractivity contribution in [1.82, 2.24) is 0 Å². The summed E-state index contributed by atoms with van der Waals surface area (Å²) in [5.74, 6) is 0. The van der Waals surface area contributed by atoms with E-state index in [2.05, 4.69) is 85.7 Å². The number of anilines is 1. The van der Waals surface area contributed by atoms with Crippen LogP contribution in [0.15, 0.2) is 28.7 Å². The standard InChI is InChI=1S/C13H22BrNSi/c1-13(2,3)16(5,6)15(4)12-9-7-11(14)8-10-12/h7-10H,1-6H3. The average Bonchev–Trinajstić information content (AvgIpc) is 2.16. The van der Waals surface area contributed by atoms with Gasteiger partial charge in [-0.15, -0.1) is 0 Å². The SMILES string of the molecule is CN(c1ccc(Br)cc1)[Si](C)(C)C(C)(C)C. The highest BCUT2D eigenvalue weighted by Gasteiger charge is 2.39. The lowest BCUT2D eigenvalue weighted by Crippen LogP contribution is -2.53. The molecule has 0 bridgehead atoms. The van der Waals surface area contributed by atoms with Crippen molar-refractivity contribution in [3.8, 4) is 0 Å². The molecule has 0 spiro atoms. The zero-order valence-electron chi connectivity index (χ0n) is 11.1. The quantitative estimate of drug-likeness (QED) is 0.703. The molecule has 0 atom stereocenters. The first-order valence-corrected chi connectivity index (χ1v) is 9.39. The maximum atomic E-state index is 3.48. The van der Waals surface area contributed by atoms with E-state index >= 15 is 0 Å². The van der Waals surface area contributed by atoms with Gasteiger partial charge in [0.1, 0.15) is 0 Å². The third-order valence-corrected chi connectivity index (χ3v) is 10.0. The molecule has 0 aliphatic carbocycles. The van der Waals surface area contributed by atoms with Crippen molar-refractivity contribution >= 4 is 29.9 Å². The molecule has 0 saturated heterocycles. The van der Waals surface area contributed by atoms with E-state index in [9.17, 15) is 0 Å². The molecule has 0 unspecified atom stereocenters. The van der Waals surface area contributed by atoms with Gasteiger partial charge in [-0.3, -0.25) is 0 Å². The minimum absolute atomic E-state index is 0.370. The second-order valence-electron chi connectivity index (χ2n) is 5.84. The van der Waals surface area contributed by atoms with Gasteiger partial charge in [-0.25, -0.2) is 0 Å². The molecular formula is C13H22BrNSi. The third-order valence-electron chi connectivity index (χ3n) is 3.89. The van der Waals surface area contributed by atoms with E-state index in [0.717, 1.165) is 4.47 Å². The van der Waals surface area contributed by atoms with Crippen molar-refractivity contribution in [2.75, 3.05) is 11.6 Å². The van der Waals surface area contributed by atoms with Crippen LogP contribution in [0, 0.1) is 0 Å². The lowest BCUT2D eigenvalue weighted by atomic mass is 10.2. The summed E-state index contributed by atoms with van der Waals surface area (Å²) >= 11 is 3.48. The summed E-state index contributed by atoms with van der Waals surface area (Å²) in [6, 6.07) is 8.59. The molecule has 1 aromatic carbocycles. The van der Waals surface area contributed by atoms with E-state index in [1.807, 2.05) is 0 Å². The Morgan fingerprint density at radius 1 is 1.06 bits per heavy atom. The maximum absolute atomic E-state index is 3.48. The minimum atomic E-state index is -1.45. The van der Waals surface area contributed by atoms with E-state index in [1.165, 1.54) is 5.69 Å². The molecule has 16 heavy (non-hydrogen) atoms. The summed E-state index contributed by atoms with van der Waals surface area (Å²) < 4.78 is 3.62. The van der Waals surface area contributed by atoms with Crippen LogP contribution in [0.2, 0.25) is 18.1 Å². The fraction of sp³-hybridized carbons (Fsp3) is 0.538. The molecule has 1 aromatic rings. The molecule has 0 aromatic heterocycles. The highest BCUT2D eigenvalue weighted by atomic mass is 79.9. The summed E-state index contributed by atoms with van der Waals surface area (Å²) in [7, 11) is 0.774. The second-order valence-corrected chi connectivity index (χ2v) is 12.0. The van der Waals surface area contributed by atoms with Gasteiger partial charge in [-0.2, -0.15) is 0 Å². The van der Waals surface area contributed by atoms with Crippen LogP contribution < -0.4 is 4.57 Å². The predicted octanol–water partition coefficient (Wildman–Crippen LogP) is 4.89. The fourth-order valence-corrected chi connectivity index (χ4v) is 3.56. The number of hydrogen-bond acceptors (Lipinski definition) is 1. The van der Waals surface area contributed by atoms with Crippen LogP contribution in [-0.2, 0) is 0 Å². The Labute approximate surface area is 109 Å². The van der Waals surface area contributed by atoms with Crippen molar-refractivity contribution in [2.45, 2.75) is 38.9 Å². The first kappa shape index (κ1) is 13.8. The highest BCUT2D eigenvalue weighted by Crippen LogP contribution is 2.39. The van der Waals surface area contributed by atoms with E-state index in [-0.39, 0.29) is 0 Å². The van der Waals surface area contributed by atoms with Crippen LogP contribution in [0.5, 0.6) is 0 Å². The van der Waals surface area contributed by atoms with Crippen LogP contribution in [-0.4, -0.2) is 15.3 Å². The number of halogens is 1. The molecular weight excluding hydrogens is 278 g/mol. The van der Waals surface area contributed by atoms with Crippen molar-refractivity contribution in [2.24, 2.45) is 0 Å². The first-order chi connectivity index (χ1) is 7.16. The monoisotopic (exact) mass is 299 g/mol. The Morgan fingerprint density at radius 2 is 1.50 bits per heavy atom. The molecule has 0 saturated carbocycles. The highest BCUT2D eigenvalue weighted by molar-refractivity contribution is 9.10. The van der Waals surface area contributed by atoms with E-state index < -0.39 is 8.24 Å². The Kier molecular flexibility index (Phi) is 3.90. The molecule has 90 valence electrons. The number of rotatable bonds is 2. The van der Waals surface area contributed by atoms with Crippen LogP contribution in [0.25, 0.3) is 0 Å². The van der Waals surface area contributed by atoms with Gasteiger partial charge in [-0.1, -0.05) is 49.8 Å². The number of nitrogens with zero attached hydrogens (tertiary/aromatic N) is 1. The topological polar surface area (TPSA) is 3.24 Å². The van der Waals surface area contributed by atoms with Gasteiger partial charge >= 0.3 is 0 Å². The number of benzene rings is 1. The van der Waals surface area contributed by atoms with Crippen LogP contribution in [0.1, 0.15) is 20.8 Å².